The molecule has 4 nitrogen and oxygen atoms in total. The fourth-order valence-corrected chi connectivity index (χ4v) is 2.14. The van der Waals surface area contributed by atoms with Gasteiger partial charge >= 0.3 is 0 Å². The van der Waals surface area contributed by atoms with Crippen LogP contribution >= 0.6 is 0 Å². The molecule has 2 unspecified atom stereocenters. The van der Waals surface area contributed by atoms with E-state index in [1.807, 2.05) is 30.3 Å². The van der Waals surface area contributed by atoms with Crippen molar-refractivity contribution in [2.45, 2.75) is 13.0 Å². The number of nitriles is 1. The Bertz CT molecular complexity index is 736. The Morgan fingerprint density at radius 1 is 1.09 bits per heavy atom. The Kier molecular flexibility index (Phi) is 5.21. The van der Waals surface area contributed by atoms with E-state index in [0.717, 1.165) is 17.7 Å². The van der Waals surface area contributed by atoms with Crippen molar-refractivity contribution in [2.24, 2.45) is 5.92 Å². The molecule has 2 rings (SSSR count). The second-order valence-corrected chi connectivity index (χ2v) is 5.07. The standard InChI is InChI=1S/C18H15FN2O2/c1-12(13-5-3-2-4-6-13)21-18(23)16(11-20)17(22)14-7-9-15(19)10-8-14/h2-10,12,16H,1H3,(H,21,23). The number of carbonyl (C=O) groups excluding carboxylic acids is 2. The van der Waals surface area contributed by atoms with Crippen LogP contribution in [0.5, 0.6) is 0 Å². The van der Waals surface area contributed by atoms with Gasteiger partial charge in [0.2, 0.25) is 5.91 Å². The highest BCUT2D eigenvalue weighted by Crippen LogP contribution is 2.14. The number of hydrogen-bond acceptors (Lipinski definition) is 3. The van der Waals surface area contributed by atoms with Crippen molar-refractivity contribution in [2.75, 3.05) is 0 Å². The Morgan fingerprint density at radius 2 is 1.70 bits per heavy atom. The fraction of sp³-hybridized carbons (Fsp3) is 0.167. The van der Waals surface area contributed by atoms with Crippen molar-refractivity contribution in [3.05, 3.63) is 71.5 Å². The number of halogens is 1. The van der Waals surface area contributed by atoms with Gasteiger partial charge in [-0.15, -0.1) is 0 Å². The molecule has 0 saturated heterocycles. The molecule has 2 atom stereocenters. The van der Waals surface area contributed by atoms with Gasteiger partial charge in [0, 0.05) is 5.56 Å². The lowest BCUT2D eigenvalue weighted by molar-refractivity contribution is -0.122. The number of rotatable bonds is 5. The number of ketones is 1. The summed E-state index contributed by atoms with van der Waals surface area (Å²) < 4.78 is 12.9. The summed E-state index contributed by atoms with van der Waals surface area (Å²) in [6.45, 7) is 1.77. The van der Waals surface area contributed by atoms with E-state index in [9.17, 15) is 14.0 Å². The first-order valence-electron chi connectivity index (χ1n) is 7.07. The average molecular weight is 310 g/mol. The summed E-state index contributed by atoms with van der Waals surface area (Å²) in [4.78, 5) is 24.5. The quantitative estimate of drug-likeness (QED) is 0.681. The van der Waals surface area contributed by atoms with E-state index in [-0.39, 0.29) is 11.6 Å². The number of nitrogens with one attached hydrogen (secondary N) is 1. The van der Waals surface area contributed by atoms with Crippen molar-refractivity contribution in [3.63, 3.8) is 0 Å². The number of benzene rings is 2. The van der Waals surface area contributed by atoms with Crippen molar-refractivity contribution in [1.29, 1.82) is 5.26 Å². The summed E-state index contributed by atoms with van der Waals surface area (Å²) >= 11 is 0. The van der Waals surface area contributed by atoms with E-state index in [1.54, 1.807) is 13.0 Å². The van der Waals surface area contributed by atoms with Crippen LogP contribution in [0.15, 0.2) is 54.6 Å². The number of hydrogen-bond donors (Lipinski definition) is 1. The molecule has 23 heavy (non-hydrogen) atoms. The van der Waals surface area contributed by atoms with Crippen LogP contribution in [0.25, 0.3) is 0 Å². The van der Waals surface area contributed by atoms with Crippen LogP contribution in [-0.2, 0) is 4.79 Å². The van der Waals surface area contributed by atoms with Crippen molar-refractivity contribution >= 4 is 11.7 Å². The highest BCUT2D eigenvalue weighted by atomic mass is 19.1. The lowest BCUT2D eigenvalue weighted by Gasteiger charge is -2.16. The van der Waals surface area contributed by atoms with Gasteiger partial charge in [0.25, 0.3) is 0 Å². The lowest BCUT2D eigenvalue weighted by atomic mass is 9.97. The van der Waals surface area contributed by atoms with E-state index in [1.165, 1.54) is 12.1 Å². The second kappa shape index (κ2) is 7.32. The maximum Gasteiger partial charge on any atom is 0.245 e. The minimum absolute atomic E-state index is 0.125. The molecule has 2 aromatic carbocycles. The first-order valence-corrected chi connectivity index (χ1v) is 7.07. The minimum atomic E-state index is -1.47. The number of amides is 1. The van der Waals surface area contributed by atoms with Gasteiger partial charge in [-0.1, -0.05) is 30.3 Å². The minimum Gasteiger partial charge on any atom is -0.348 e. The van der Waals surface area contributed by atoms with E-state index in [4.69, 9.17) is 5.26 Å². The van der Waals surface area contributed by atoms with Crippen LogP contribution in [0.2, 0.25) is 0 Å². The molecular weight excluding hydrogens is 295 g/mol. The van der Waals surface area contributed by atoms with Crippen LogP contribution in [0.4, 0.5) is 4.39 Å². The molecule has 0 fully saturated rings. The summed E-state index contributed by atoms with van der Waals surface area (Å²) in [5.74, 6) is -3.27. The van der Waals surface area contributed by atoms with Crippen LogP contribution in [0, 0.1) is 23.1 Å². The third-order valence-corrected chi connectivity index (χ3v) is 3.44. The third-order valence-electron chi connectivity index (χ3n) is 3.44. The second-order valence-electron chi connectivity index (χ2n) is 5.07. The zero-order valence-electron chi connectivity index (χ0n) is 12.5. The van der Waals surface area contributed by atoms with Crippen molar-refractivity contribution < 1.29 is 14.0 Å². The van der Waals surface area contributed by atoms with Crippen LogP contribution in [0.3, 0.4) is 0 Å². The Balaban J connectivity index is 2.11. The smallest absolute Gasteiger partial charge is 0.245 e. The van der Waals surface area contributed by atoms with E-state index in [2.05, 4.69) is 5.32 Å². The van der Waals surface area contributed by atoms with Gasteiger partial charge < -0.3 is 5.32 Å². The molecular formula is C18H15FN2O2. The molecule has 2 aromatic rings. The van der Waals surface area contributed by atoms with Gasteiger partial charge in [-0.3, -0.25) is 9.59 Å². The molecule has 0 aliphatic rings. The maximum atomic E-state index is 12.9. The molecule has 0 saturated carbocycles. The van der Waals surface area contributed by atoms with Gasteiger partial charge in [-0.25, -0.2) is 4.39 Å². The summed E-state index contributed by atoms with van der Waals surface area (Å²) in [7, 11) is 0. The molecule has 1 amide bonds. The molecule has 116 valence electrons. The molecule has 0 aliphatic carbocycles. The summed E-state index contributed by atoms with van der Waals surface area (Å²) in [5.41, 5.74) is 0.993. The van der Waals surface area contributed by atoms with Crippen molar-refractivity contribution in [1.82, 2.24) is 5.32 Å². The van der Waals surface area contributed by atoms with E-state index >= 15 is 0 Å². The van der Waals surface area contributed by atoms with Gasteiger partial charge in [0.15, 0.2) is 11.7 Å². The summed E-state index contributed by atoms with van der Waals surface area (Å²) in [6, 6.07) is 15.3. The zero-order chi connectivity index (χ0) is 16.8. The van der Waals surface area contributed by atoms with Crippen LogP contribution < -0.4 is 5.32 Å². The van der Waals surface area contributed by atoms with Crippen LogP contribution in [0.1, 0.15) is 28.9 Å². The predicted molar refractivity (Wildman–Crippen MR) is 82.8 cm³/mol. The number of nitrogens with zero attached hydrogens (tertiary/aromatic N) is 1. The van der Waals surface area contributed by atoms with E-state index in [0.29, 0.717) is 0 Å². The number of carbonyl (C=O) groups is 2. The Labute approximate surface area is 133 Å². The molecule has 0 spiro atoms. The molecule has 0 aliphatic heterocycles. The molecule has 0 aromatic heterocycles. The highest BCUT2D eigenvalue weighted by molar-refractivity contribution is 6.12. The van der Waals surface area contributed by atoms with Crippen LogP contribution in [-0.4, -0.2) is 11.7 Å². The summed E-state index contributed by atoms with van der Waals surface area (Å²) in [6.07, 6.45) is 0. The first kappa shape index (κ1) is 16.4. The van der Waals surface area contributed by atoms with E-state index < -0.39 is 23.4 Å². The maximum absolute atomic E-state index is 12.9. The van der Waals surface area contributed by atoms with Gasteiger partial charge in [-0.05, 0) is 36.8 Å². The predicted octanol–water partition coefficient (Wildman–Crippen LogP) is 3.03. The fourth-order valence-electron chi connectivity index (χ4n) is 2.14. The largest absolute Gasteiger partial charge is 0.348 e. The monoisotopic (exact) mass is 310 g/mol. The molecule has 5 heteroatoms. The molecule has 1 N–H and O–H groups in total. The normalized spacial score (nSPS) is 12.7. The molecule has 0 heterocycles. The van der Waals surface area contributed by atoms with Gasteiger partial charge in [0.1, 0.15) is 5.82 Å². The van der Waals surface area contributed by atoms with Gasteiger partial charge in [-0.2, -0.15) is 5.26 Å². The number of Topliss-reactive ketones (excluding diaryl/α,β-unsaturated/α-hetero) is 1. The molecule has 0 radical (unpaired) electrons. The third kappa shape index (κ3) is 4.01. The first-order chi connectivity index (χ1) is 11.0. The Hall–Kier alpha value is -3.00. The zero-order valence-corrected chi connectivity index (χ0v) is 12.5. The van der Waals surface area contributed by atoms with Gasteiger partial charge in [0.05, 0.1) is 12.1 Å². The van der Waals surface area contributed by atoms with Crippen molar-refractivity contribution in [3.8, 4) is 6.07 Å². The average Bonchev–Trinajstić information content (AvgIpc) is 2.56. The Morgan fingerprint density at radius 3 is 2.26 bits per heavy atom. The highest BCUT2D eigenvalue weighted by Gasteiger charge is 2.28. The lowest BCUT2D eigenvalue weighted by Crippen LogP contribution is -2.36. The molecule has 0 bridgehead atoms. The summed E-state index contributed by atoms with van der Waals surface area (Å²) in [5, 5.41) is 11.8. The topological polar surface area (TPSA) is 70.0 Å². The SMILES string of the molecule is CC(NC(=O)C(C#N)C(=O)c1ccc(F)cc1)c1ccccc1.